The number of fused-ring (bicyclic) bond motifs is 1. The number of hydrogen-bond donors (Lipinski definition) is 2. The van der Waals surface area contributed by atoms with Gasteiger partial charge in [0.25, 0.3) is 5.91 Å². The molecule has 0 bridgehead atoms. The maximum atomic E-state index is 12.0. The molecule has 1 amide bonds. The first-order chi connectivity index (χ1) is 9.08. The molecule has 1 atom stereocenters. The molecule has 0 spiro atoms. The van der Waals surface area contributed by atoms with Crippen molar-refractivity contribution in [3.8, 4) is 0 Å². The third-order valence-corrected chi connectivity index (χ3v) is 3.60. The molecule has 2 rings (SSSR count). The van der Waals surface area contributed by atoms with Gasteiger partial charge < -0.3 is 10.4 Å². The summed E-state index contributed by atoms with van der Waals surface area (Å²) >= 11 is 0. The van der Waals surface area contributed by atoms with E-state index in [0.717, 1.165) is 12.8 Å². The zero-order chi connectivity index (χ0) is 13.8. The summed E-state index contributed by atoms with van der Waals surface area (Å²) in [5.41, 5.74) is 3.21. The van der Waals surface area contributed by atoms with Gasteiger partial charge in [0.15, 0.2) is 0 Å². The third-order valence-electron chi connectivity index (χ3n) is 3.60. The standard InChI is InChI=1S/C15H19NO3/c1-10(15(18)19)9-16-14(17)13-7-6-11-4-2-3-5-12(11)8-13/h6-8,10H,2-5,9H2,1H3,(H,16,17)(H,18,19). The summed E-state index contributed by atoms with van der Waals surface area (Å²) < 4.78 is 0. The van der Waals surface area contributed by atoms with Crippen molar-refractivity contribution >= 4 is 11.9 Å². The fourth-order valence-electron chi connectivity index (χ4n) is 2.31. The fourth-order valence-corrected chi connectivity index (χ4v) is 2.31. The van der Waals surface area contributed by atoms with Crippen molar-refractivity contribution in [1.29, 1.82) is 0 Å². The number of hydrogen-bond acceptors (Lipinski definition) is 2. The Morgan fingerprint density at radius 2 is 1.95 bits per heavy atom. The van der Waals surface area contributed by atoms with Crippen molar-refractivity contribution in [3.63, 3.8) is 0 Å². The summed E-state index contributed by atoms with van der Waals surface area (Å²) in [7, 11) is 0. The van der Waals surface area contributed by atoms with Crippen LogP contribution in [0.3, 0.4) is 0 Å². The van der Waals surface area contributed by atoms with Crippen molar-refractivity contribution in [2.45, 2.75) is 32.6 Å². The van der Waals surface area contributed by atoms with Crippen LogP contribution in [-0.4, -0.2) is 23.5 Å². The number of carbonyl (C=O) groups is 2. The largest absolute Gasteiger partial charge is 0.481 e. The maximum Gasteiger partial charge on any atom is 0.308 e. The second kappa shape index (κ2) is 5.87. The highest BCUT2D eigenvalue weighted by Crippen LogP contribution is 2.22. The Hall–Kier alpha value is -1.84. The summed E-state index contributed by atoms with van der Waals surface area (Å²) in [5.74, 6) is -1.66. The van der Waals surface area contributed by atoms with Gasteiger partial charge in [-0.05, 0) is 48.9 Å². The maximum absolute atomic E-state index is 12.0. The number of aryl methyl sites for hydroxylation is 2. The molecule has 4 heteroatoms. The first-order valence-corrected chi connectivity index (χ1v) is 6.70. The normalized spacial score (nSPS) is 15.4. The lowest BCUT2D eigenvalue weighted by Gasteiger charge is -2.16. The molecule has 0 radical (unpaired) electrons. The Labute approximate surface area is 112 Å². The Kier molecular flexibility index (Phi) is 4.20. The van der Waals surface area contributed by atoms with Gasteiger partial charge in [0, 0.05) is 12.1 Å². The molecule has 102 valence electrons. The zero-order valence-corrected chi connectivity index (χ0v) is 11.1. The fraction of sp³-hybridized carbons (Fsp3) is 0.467. The molecule has 0 saturated heterocycles. The topological polar surface area (TPSA) is 66.4 Å². The van der Waals surface area contributed by atoms with Crippen LogP contribution in [0.25, 0.3) is 0 Å². The van der Waals surface area contributed by atoms with Crippen LogP contribution in [0.4, 0.5) is 0 Å². The van der Waals surface area contributed by atoms with Gasteiger partial charge in [0.1, 0.15) is 0 Å². The number of amides is 1. The predicted octanol–water partition coefficient (Wildman–Crippen LogP) is 2.02. The summed E-state index contributed by atoms with van der Waals surface area (Å²) in [6.07, 6.45) is 4.51. The van der Waals surface area contributed by atoms with Gasteiger partial charge in [-0.3, -0.25) is 9.59 Å². The lowest BCUT2D eigenvalue weighted by molar-refractivity contribution is -0.140. The SMILES string of the molecule is CC(CNC(=O)c1ccc2c(c1)CCCC2)C(=O)O. The van der Waals surface area contributed by atoms with E-state index in [2.05, 4.69) is 5.32 Å². The van der Waals surface area contributed by atoms with Crippen LogP contribution >= 0.6 is 0 Å². The Balaban J connectivity index is 2.01. The van der Waals surface area contributed by atoms with E-state index in [1.165, 1.54) is 24.0 Å². The smallest absolute Gasteiger partial charge is 0.308 e. The molecule has 1 aromatic rings. The lowest BCUT2D eigenvalue weighted by atomic mass is 9.90. The molecule has 4 nitrogen and oxygen atoms in total. The number of carboxylic acids is 1. The molecular formula is C15H19NO3. The second-order valence-electron chi connectivity index (χ2n) is 5.14. The third kappa shape index (κ3) is 3.34. The molecule has 0 aromatic heterocycles. The number of carboxylic acid groups (broad SMARTS) is 1. The molecule has 0 heterocycles. The van der Waals surface area contributed by atoms with Gasteiger partial charge in [-0.15, -0.1) is 0 Å². The summed E-state index contributed by atoms with van der Waals surface area (Å²) in [6.45, 7) is 1.74. The predicted molar refractivity (Wildman–Crippen MR) is 72.2 cm³/mol. The highest BCUT2D eigenvalue weighted by molar-refractivity contribution is 5.94. The number of aliphatic carboxylic acids is 1. The van der Waals surface area contributed by atoms with Crippen LogP contribution in [0, 0.1) is 5.92 Å². The van der Waals surface area contributed by atoms with E-state index < -0.39 is 11.9 Å². The van der Waals surface area contributed by atoms with Gasteiger partial charge in [0.05, 0.1) is 5.92 Å². The van der Waals surface area contributed by atoms with Gasteiger partial charge >= 0.3 is 5.97 Å². The molecule has 0 aliphatic heterocycles. The number of benzene rings is 1. The van der Waals surface area contributed by atoms with Crippen LogP contribution in [0.5, 0.6) is 0 Å². The number of carbonyl (C=O) groups excluding carboxylic acids is 1. The molecule has 1 unspecified atom stereocenters. The molecule has 0 saturated carbocycles. The second-order valence-corrected chi connectivity index (χ2v) is 5.14. The van der Waals surface area contributed by atoms with Crippen LogP contribution in [0.2, 0.25) is 0 Å². The summed E-state index contributed by atoms with van der Waals surface area (Å²) in [4.78, 5) is 22.6. The molecule has 19 heavy (non-hydrogen) atoms. The van der Waals surface area contributed by atoms with Crippen LogP contribution in [-0.2, 0) is 17.6 Å². The lowest BCUT2D eigenvalue weighted by Crippen LogP contribution is -2.31. The molecular weight excluding hydrogens is 242 g/mol. The van der Waals surface area contributed by atoms with E-state index >= 15 is 0 Å². The molecule has 0 fully saturated rings. The summed E-state index contributed by atoms with van der Waals surface area (Å²) in [6, 6.07) is 5.78. The van der Waals surface area contributed by atoms with Crippen molar-refractivity contribution in [2.24, 2.45) is 5.92 Å². The van der Waals surface area contributed by atoms with Crippen LogP contribution in [0.1, 0.15) is 41.3 Å². The quantitative estimate of drug-likeness (QED) is 0.871. The minimum Gasteiger partial charge on any atom is -0.481 e. The Morgan fingerprint density at radius 1 is 1.26 bits per heavy atom. The van der Waals surface area contributed by atoms with Crippen molar-refractivity contribution < 1.29 is 14.7 Å². The van der Waals surface area contributed by atoms with E-state index in [1.54, 1.807) is 6.92 Å². The van der Waals surface area contributed by atoms with Gasteiger partial charge in [-0.25, -0.2) is 0 Å². The van der Waals surface area contributed by atoms with E-state index in [-0.39, 0.29) is 12.5 Å². The molecule has 1 aromatic carbocycles. The van der Waals surface area contributed by atoms with Gasteiger partial charge in [0.2, 0.25) is 0 Å². The Morgan fingerprint density at radius 3 is 2.63 bits per heavy atom. The molecule has 2 N–H and O–H groups in total. The van der Waals surface area contributed by atoms with Crippen LogP contribution < -0.4 is 5.32 Å². The van der Waals surface area contributed by atoms with E-state index in [4.69, 9.17) is 5.11 Å². The molecule has 1 aliphatic rings. The average molecular weight is 261 g/mol. The van der Waals surface area contributed by atoms with Crippen molar-refractivity contribution in [1.82, 2.24) is 5.32 Å². The van der Waals surface area contributed by atoms with Crippen molar-refractivity contribution in [3.05, 3.63) is 34.9 Å². The first-order valence-electron chi connectivity index (χ1n) is 6.70. The number of rotatable bonds is 4. The van der Waals surface area contributed by atoms with Gasteiger partial charge in [-0.1, -0.05) is 13.0 Å². The minimum atomic E-state index is -0.897. The van der Waals surface area contributed by atoms with Gasteiger partial charge in [-0.2, -0.15) is 0 Å². The van der Waals surface area contributed by atoms with E-state index in [1.807, 2.05) is 18.2 Å². The summed E-state index contributed by atoms with van der Waals surface area (Å²) in [5, 5.41) is 11.4. The number of nitrogens with one attached hydrogen (secondary N) is 1. The highest BCUT2D eigenvalue weighted by Gasteiger charge is 2.15. The Bertz CT molecular complexity index is 496. The van der Waals surface area contributed by atoms with E-state index in [9.17, 15) is 9.59 Å². The molecule has 1 aliphatic carbocycles. The zero-order valence-electron chi connectivity index (χ0n) is 11.1. The first kappa shape index (κ1) is 13.6. The average Bonchev–Trinajstić information content (AvgIpc) is 2.43. The minimum absolute atomic E-state index is 0.158. The highest BCUT2D eigenvalue weighted by atomic mass is 16.4. The van der Waals surface area contributed by atoms with Crippen molar-refractivity contribution in [2.75, 3.05) is 6.54 Å². The van der Waals surface area contributed by atoms with E-state index in [0.29, 0.717) is 5.56 Å². The van der Waals surface area contributed by atoms with Crippen LogP contribution in [0.15, 0.2) is 18.2 Å². The monoisotopic (exact) mass is 261 g/mol.